The molecule has 6 nitrogen and oxygen atoms in total. The number of carboxylic acid groups (broad SMARTS) is 1. The van der Waals surface area contributed by atoms with Crippen molar-refractivity contribution in [2.75, 3.05) is 20.3 Å². The molecule has 0 aromatic heterocycles. The molecule has 1 unspecified atom stereocenters. The van der Waals surface area contributed by atoms with Gasteiger partial charge in [-0.05, 0) is 17.7 Å². The van der Waals surface area contributed by atoms with Crippen molar-refractivity contribution >= 4 is 5.97 Å². The van der Waals surface area contributed by atoms with Gasteiger partial charge in [0.2, 0.25) is 0 Å². The predicted molar refractivity (Wildman–Crippen MR) is 72.0 cm³/mol. The van der Waals surface area contributed by atoms with Crippen molar-refractivity contribution in [2.24, 2.45) is 5.73 Å². The van der Waals surface area contributed by atoms with Gasteiger partial charge in [0.25, 0.3) is 0 Å². The zero-order chi connectivity index (χ0) is 14.5. The summed E-state index contributed by atoms with van der Waals surface area (Å²) in [5.41, 5.74) is 6.06. The van der Waals surface area contributed by atoms with Crippen LogP contribution in [0.2, 0.25) is 0 Å². The molecule has 0 saturated carbocycles. The molecule has 1 atom stereocenters. The molecule has 1 heterocycles. The van der Waals surface area contributed by atoms with Gasteiger partial charge in [0.05, 0.1) is 20.3 Å². The summed E-state index contributed by atoms with van der Waals surface area (Å²) in [6.07, 6.45) is 1.76. The average molecular weight is 281 g/mol. The van der Waals surface area contributed by atoms with Crippen LogP contribution >= 0.6 is 0 Å². The molecule has 0 bridgehead atoms. The molecule has 0 aliphatic carbocycles. The molecular formula is C14H19NO5. The third-order valence-electron chi connectivity index (χ3n) is 3.27. The maximum absolute atomic E-state index is 10.9. The van der Waals surface area contributed by atoms with E-state index >= 15 is 0 Å². The molecule has 0 spiro atoms. The molecule has 0 amide bonds. The SMILES string of the molecule is COc1cc(C(N)C(=O)O)ccc1OC1CCOCC1. The third kappa shape index (κ3) is 3.40. The van der Waals surface area contributed by atoms with Crippen LogP contribution in [0.3, 0.4) is 0 Å². The molecule has 2 rings (SSSR count). The van der Waals surface area contributed by atoms with E-state index in [1.54, 1.807) is 18.2 Å². The van der Waals surface area contributed by atoms with Crippen molar-refractivity contribution in [3.05, 3.63) is 23.8 Å². The minimum Gasteiger partial charge on any atom is -0.493 e. The van der Waals surface area contributed by atoms with Crippen LogP contribution in [0.1, 0.15) is 24.4 Å². The smallest absolute Gasteiger partial charge is 0.325 e. The number of hydrogen-bond donors (Lipinski definition) is 2. The highest BCUT2D eigenvalue weighted by Crippen LogP contribution is 2.31. The summed E-state index contributed by atoms with van der Waals surface area (Å²) in [4.78, 5) is 10.9. The van der Waals surface area contributed by atoms with Gasteiger partial charge in [0, 0.05) is 12.8 Å². The Balaban J connectivity index is 2.14. The molecule has 1 aliphatic heterocycles. The maximum atomic E-state index is 10.9. The van der Waals surface area contributed by atoms with E-state index in [1.165, 1.54) is 7.11 Å². The Kier molecular flexibility index (Phi) is 4.81. The van der Waals surface area contributed by atoms with E-state index in [9.17, 15) is 4.79 Å². The van der Waals surface area contributed by atoms with Gasteiger partial charge in [-0.1, -0.05) is 6.07 Å². The van der Waals surface area contributed by atoms with Crippen LogP contribution < -0.4 is 15.2 Å². The van der Waals surface area contributed by atoms with Crippen molar-refractivity contribution in [1.82, 2.24) is 0 Å². The first-order chi connectivity index (χ1) is 9.61. The fraction of sp³-hybridized carbons (Fsp3) is 0.500. The fourth-order valence-corrected chi connectivity index (χ4v) is 2.09. The molecule has 6 heteroatoms. The van der Waals surface area contributed by atoms with Crippen LogP contribution in [0.15, 0.2) is 18.2 Å². The lowest BCUT2D eigenvalue weighted by atomic mass is 10.1. The quantitative estimate of drug-likeness (QED) is 0.846. The molecule has 1 fully saturated rings. The highest BCUT2D eigenvalue weighted by molar-refractivity contribution is 5.75. The Morgan fingerprint density at radius 2 is 2.10 bits per heavy atom. The summed E-state index contributed by atoms with van der Waals surface area (Å²) in [6.45, 7) is 1.38. The van der Waals surface area contributed by atoms with Gasteiger partial charge in [-0.3, -0.25) is 4.79 Å². The molecule has 0 radical (unpaired) electrons. The monoisotopic (exact) mass is 281 g/mol. The molecule has 20 heavy (non-hydrogen) atoms. The summed E-state index contributed by atoms with van der Waals surface area (Å²) in [6, 6.07) is 3.89. The zero-order valence-corrected chi connectivity index (χ0v) is 11.4. The summed E-state index contributed by atoms with van der Waals surface area (Å²) in [5, 5.41) is 8.92. The number of carboxylic acids is 1. The largest absolute Gasteiger partial charge is 0.493 e. The minimum atomic E-state index is -1.08. The van der Waals surface area contributed by atoms with Gasteiger partial charge in [-0.25, -0.2) is 0 Å². The zero-order valence-electron chi connectivity index (χ0n) is 11.4. The molecule has 1 saturated heterocycles. The van der Waals surface area contributed by atoms with Gasteiger partial charge in [-0.15, -0.1) is 0 Å². The molecule has 110 valence electrons. The number of rotatable bonds is 5. The van der Waals surface area contributed by atoms with Crippen LogP contribution in [-0.2, 0) is 9.53 Å². The van der Waals surface area contributed by atoms with Crippen molar-refractivity contribution in [1.29, 1.82) is 0 Å². The van der Waals surface area contributed by atoms with Crippen LogP contribution in [0.25, 0.3) is 0 Å². The second kappa shape index (κ2) is 6.58. The van der Waals surface area contributed by atoms with Crippen LogP contribution in [0, 0.1) is 0 Å². The van der Waals surface area contributed by atoms with Crippen LogP contribution in [0.5, 0.6) is 11.5 Å². The van der Waals surface area contributed by atoms with Crippen LogP contribution in [-0.4, -0.2) is 37.5 Å². The Bertz CT molecular complexity index is 471. The normalized spacial score (nSPS) is 17.5. The lowest BCUT2D eigenvalue weighted by Gasteiger charge is -2.24. The average Bonchev–Trinajstić information content (AvgIpc) is 2.48. The number of benzene rings is 1. The predicted octanol–water partition coefficient (Wildman–Crippen LogP) is 1.34. The highest BCUT2D eigenvalue weighted by atomic mass is 16.5. The van der Waals surface area contributed by atoms with Crippen molar-refractivity contribution in [2.45, 2.75) is 25.0 Å². The lowest BCUT2D eigenvalue weighted by Crippen LogP contribution is -2.26. The Morgan fingerprint density at radius 3 is 2.70 bits per heavy atom. The highest BCUT2D eigenvalue weighted by Gasteiger charge is 2.20. The molecule has 1 aromatic carbocycles. The van der Waals surface area contributed by atoms with Crippen LogP contribution in [0.4, 0.5) is 0 Å². The first kappa shape index (κ1) is 14.6. The number of aliphatic carboxylic acids is 1. The molecule has 3 N–H and O–H groups in total. The van der Waals surface area contributed by atoms with E-state index in [0.717, 1.165) is 12.8 Å². The van der Waals surface area contributed by atoms with Gasteiger partial charge >= 0.3 is 5.97 Å². The number of ether oxygens (including phenoxy) is 3. The maximum Gasteiger partial charge on any atom is 0.325 e. The number of carbonyl (C=O) groups is 1. The van der Waals surface area contributed by atoms with E-state index in [2.05, 4.69) is 0 Å². The minimum absolute atomic E-state index is 0.0941. The lowest BCUT2D eigenvalue weighted by molar-refractivity contribution is -0.138. The molecule has 1 aromatic rings. The third-order valence-corrected chi connectivity index (χ3v) is 3.27. The fourth-order valence-electron chi connectivity index (χ4n) is 2.09. The standard InChI is InChI=1S/C14H19NO5/c1-18-12-8-9(13(15)14(16)17)2-3-11(12)20-10-4-6-19-7-5-10/h2-3,8,10,13H,4-7,15H2,1H3,(H,16,17). The summed E-state index contributed by atoms with van der Waals surface area (Å²) < 4.78 is 16.4. The van der Waals surface area contributed by atoms with E-state index in [0.29, 0.717) is 30.3 Å². The summed E-state index contributed by atoms with van der Waals surface area (Å²) in [7, 11) is 1.52. The Labute approximate surface area is 117 Å². The summed E-state index contributed by atoms with van der Waals surface area (Å²) in [5.74, 6) is 0.0107. The van der Waals surface area contributed by atoms with E-state index in [4.69, 9.17) is 25.1 Å². The second-order valence-electron chi connectivity index (χ2n) is 4.66. The topological polar surface area (TPSA) is 91.0 Å². The van der Waals surface area contributed by atoms with E-state index in [-0.39, 0.29) is 6.10 Å². The first-order valence-electron chi connectivity index (χ1n) is 6.52. The van der Waals surface area contributed by atoms with Crippen molar-refractivity contribution in [3.8, 4) is 11.5 Å². The summed E-state index contributed by atoms with van der Waals surface area (Å²) >= 11 is 0. The van der Waals surface area contributed by atoms with Gasteiger partial charge in [0.1, 0.15) is 12.1 Å². The first-order valence-corrected chi connectivity index (χ1v) is 6.52. The number of methoxy groups -OCH3 is 1. The van der Waals surface area contributed by atoms with Crippen molar-refractivity contribution in [3.63, 3.8) is 0 Å². The second-order valence-corrected chi connectivity index (χ2v) is 4.66. The van der Waals surface area contributed by atoms with E-state index in [1.807, 2.05) is 0 Å². The number of nitrogens with two attached hydrogens (primary N) is 1. The molecule has 1 aliphatic rings. The Hall–Kier alpha value is -1.79. The van der Waals surface area contributed by atoms with Gasteiger partial charge < -0.3 is 25.1 Å². The van der Waals surface area contributed by atoms with Gasteiger partial charge in [-0.2, -0.15) is 0 Å². The molecular weight excluding hydrogens is 262 g/mol. The Morgan fingerprint density at radius 1 is 1.40 bits per heavy atom. The number of hydrogen-bond acceptors (Lipinski definition) is 5. The van der Waals surface area contributed by atoms with Gasteiger partial charge in [0.15, 0.2) is 11.5 Å². The van der Waals surface area contributed by atoms with E-state index < -0.39 is 12.0 Å². The van der Waals surface area contributed by atoms with Crippen molar-refractivity contribution < 1.29 is 24.1 Å².